The van der Waals surface area contributed by atoms with Crippen molar-refractivity contribution in [1.29, 1.82) is 0 Å². The summed E-state index contributed by atoms with van der Waals surface area (Å²) in [6.45, 7) is 10.5. The van der Waals surface area contributed by atoms with Crippen molar-refractivity contribution in [3.8, 4) is 0 Å². The van der Waals surface area contributed by atoms with Gasteiger partial charge in [-0.05, 0) is 45.4 Å². The summed E-state index contributed by atoms with van der Waals surface area (Å²) in [5.41, 5.74) is 3.29. The fraction of sp³-hybridized carbons (Fsp3) is 0.500. The molecule has 1 aromatic heterocycles. The second-order valence-electron chi connectivity index (χ2n) is 6.29. The Morgan fingerprint density at radius 1 is 1.10 bits per heavy atom. The lowest BCUT2D eigenvalue weighted by molar-refractivity contribution is 0.387. The van der Waals surface area contributed by atoms with Gasteiger partial charge in [0.05, 0.1) is 11.0 Å². The van der Waals surface area contributed by atoms with Gasteiger partial charge >= 0.3 is 0 Å². The molecule has 0 spiro atoms. The zero-order valence-corrected chi connectivity index (χ0v) is 12.8. The molecule has 0 fully saturated rings. The zero-order chi connectivity index (χ0) is 14.6. The van der Waals surface area contributed by atoms with Crippen LogP contribution in [-0.4, -0.2) is 28.1 Å². The van der Waals surface area contributed by atoms with Gasteiger partial charge in [0.15, 0.2) is 0 Å². The Hall–Kier alpha value is -1.52. The van der Waals surface area contributed by atoms with Gasteiger partial charge in [0, 0.05) is 37.1 Å². The standard InChI is InChI=1S/C16H24N4/c1-12(10-20-16(2,3)4)19-11-13-5-6-14-15(9-13)18-8-7-17-14/h5-9,12,19-20H,10-11H2,1-4H3. The van der Waals surface area contributed by atoms with E-state index in [0.717, 1.165) is 24.1 Å². The average Bonchev–Trinajstić information content (AvgIpc) is 2.42. The van der Waals surface area contributed by atoms with Crippen LogP contribution in [0.1, 0.15) is 33.3 Å². The second kappa shape index (κ2) is 6.29. The summed E-state index contributed by atoms with van der Waals surface area (Å²) < 4.78 is 0. The molecule has 0 bridgehead atoms. The number of nitrogens with zero attached hydrogens (tertiary/aromatic N) is 2. The third-order valence-corrected chi connectivity index (χ3v) is 3.13. The van der Waals surface area contributed by atoms with Gasteiger partial charge in [-0.2, -0.15) is 0 Å². The van der Waals surface area contributed by atoms with Gasteiger partial charge in [-0.3, -0.25) is 9.97 Å². The third-order valence-electron chi connectivity index (χ3n) is 3.13. The van der Waals surface area contributed by atoms with Crippen LogP contribution in [0.25, 0.3) is 11.0 Å². The minimum Gasteiger partial charge on any atom is -0.311 e. The topological polar surface area (TPSA) is 49.8 Å². The van der Waals surface area contributed by atoms with E-state index in [2.05, 4.69) is 60.4 Å². The summed E-state index contributed by atoms with van der Waals surface area (Å²) in [6.07, 6.45) is 3.45. The van der Waals surface area contributed by atoms with Gasteiger partial charge in [-0.15, -0.1) is 0 Å². The quantitative estimate of drug-likeness (QED) is 0.878. The summed E-state index contributed by atoms with van der Waals surface area (Å²) in [4.78, 5) is 8.62. The number of fused-ring (bicyclic) bond motifs is 1. The first-order valence-electron chi connectivity index (χ1n) is 7.12. The maximum atomic E-state index is 4.33. The van der Waals surface area contributed by atoms with Gasteiger partial charge in [0.1, 0.15) is 0 Å². The first-order valence-corrected chi connectivity index (χ1v) is 7.12. The summed E-state index contributed by atoms with van der Waals surface area (Å²) in [5.74, 6) is 0. The first kappa shape index (κ1) is 14.9. The van der Waals surface area contributed by atoms with Gasteiger partial charge in [0.25, 0.3) is 0 Å². The highest BCUT2D eigenvalue weighted by Gasteiger charge is 2.10. The number of aromatic nitrogens is 2. The van der Waals surface area contributed by atoms with E-state index in [0.29, 0.717) is 6.04 Å². The van der Waals surface area contributed by atoms with Crippen LogP contribution >= 0.6 is 0 Å². The minimum absolute atomic E-state index is 0.161. The van der Waals surface area contributed by atoms with E-state index in [1.54, 1.807) is 12.4 Å². The highest BCUT2D eigenvalue weighted by molar-refractivity contribution is 5.74. The predicted octanol–water partition coefficient (Wildman–Crippen LogP) is 2.50. The molecule has 1 aromatic carbocycles. The number of hydrogen-bond donors (Lipinski definition) is 2. The Morgan fingerprint density at radius 2 is 1.80 bits per heavy atom. The largest absolute Gasteiger partial charge is 0.311 e. The average molecular weight is 272 g/mol. The zero-order valence-electron chi connectivity index (χ0n) is 12.8. The smallest absolute Gasteiger partial charge is 0.0890 e. The normalized spacial score (nSPS) is 13.6. The fourth-order valence-corrected chi connectivity index (χ4v) is 1.94. The van der Waals surface area contributed by atoms with Gasteiger partial charge in [-0.1, -0.05) is 6.07 Å². The number of benzene rings is 1. The monoisotopic (exact) mass is 272 g/mol. The molecule has 0 saturated carbocycles. The van der Waals surface area contributed by atoms with E-state index < -0.39 is 0 Å². The van der Waals surface area contributed by atoms with Crippen LogP contribution in [0.2, 0.25) is 0 Å². The van der Waals surface area contributed by atoms with Gasteiger partial charge in [0.2, 0.25) is 0 Å². The van der Waals surface area contributed by atoms with Crippen molar-refractivity contribution in [1.82, 2.24) is 20.6 Å². The van der Waals surface area contributed by atoms with Crippen molar-refractivity contribution in [2.75, 3.05) is 6.54 Å². The van der Waals surface area contributed by atoms with Crippen LogP contribution in [0.5, 0.6) is 0 Å². The number of hydrogen-bond acceptors (Lipinski definition) is 4. The number of nitrogens with one attached hydrogen (secondary N) is 2. The summed E-state index contributed by atoms with van der Waals surface area (Å²) in [7, 11) is 0. The Kier molecular flexibility index (Phi) is 4.68. The molecule has 20 heavy (non-hydrogen) atoms. The molecular formula is C16H24N4. The Bertz CT molecular complexity index is 560. The van der Waals surface area contributed by atoms with Crippen LogP contribution in [0, 0.1) is 0 Å². The lowest BCUT2D eigenvalue weighted by Gasteiger charge is -2.24. The van der Waals surface area contributed by atoms with E-state index in [1.807, 2.05) is 6.07 Å². The molecule has 0 radical (unpaired) electrons. The molecule has 1 atom stereocenters. The lowest BCUT2D eigenvalue weighted by atomic mass is 10.1. The van der Waals surface area contributed by atoms with Crippen molar-refractivity contribution in [2.24, 2.45) is 0 Å². The summed E-state index contributed by atoms with van der Waals surface area (Å²) in [6, 6.07) is 6.65. The van der Waals surface area contributed by atoms with Crippen molar-refractivity contribution < 1.29 is 0 Å². The van der Waals surface area contributed by atoms with E-state index in [-0.39, 0.29) is 5.54 Å². The van der Waals surface area contributed by atoms with E-state index in [1.165, 1.54) is 5.56 Å². The van der Waals surface area contributed by atoms with Gasteiger partial charge < -0.3 is 10.6 Å². The van der Waals surface area contributed by atoms with E-state index in [4.69, 9.17) is 0 Å². The third kappa shape index (κ3) is 4.54. The molecule has 2 N–H and O–H groups in total. The van der Waals surface area contributed by atoms with Crippen molar-refractivity contribution >= 4 is 11.0 Å². The van der Waals surface area contributed by atoms with Crippen molar-refractivity contribution in [3.63, 3.8) is 0 Å². The first-order chi connectivity index (χ1) is 9.44. The molecule has 0 amide bonds. The molecule has 2 rings (SSSR count). The van der Waals surface area contributed by atoms with Crippen LogP contribution < -0.4 is 10.6 Å². The summed E-state index contributed by atoms with van der Waals surface area (Å²) in [5, 5.41) is 7.03. The molecule has 0 aliphatic heterocycles. The summed E-state index contributed by atoms with van der Waals surface area (Å²) >= 11 is 0. The molecule has 0 aliphatic rings. The maximum Gasteiger partial charge on any atom is 0.0890 e. The highest BCUT2D eigenvalue weighted by Crippen LogP contribution is 2.10. The molecule has 0 aliphatic carbocycles. The van der Waals surface area contributed by atoms with Crippen LogP contribution in [0.3, 0.4) is 0 Å². The van der Waals surface area contributed by atoms with Crippen molar-refractivity contribution in [2.45, 2.75) is 45.8 Å². The predicted molar refractivity (Wildman–Crippen MR) is 83.6 cm³/mol. The Morgan fingerprint density at radius 3 is 2.50 bits per heavy atom. The van der Waals surface area contributed by atoms with Gasteiger partial charge in [-0.25, -0.2) is 0 Å². The lowest BCUT2D eigenvalue weighted by Crippen LogP contribution is -2.44. The van der Waals surface area contributed by atoms with Crippen LogP contribution in [-0.2, 0) is 6.54 Å². The second-order valence-corrected chi connectivity index (χ2v) is 6.29. The van der Waals surface area contributed by atoms with Crippen LogP contribution in [0.4, 0.5) is 0 Å². The van der Waals surface area contributed by atoms with E-state index in [9.17, 15) is 0 Å². The van der Waals surface area contributed by atoms with E-state index >= 15 is 0 Å². The maximum absolute atomic E-state index is 4.33. The molecule has 1 unspecified atom stereocenters. The minimum atomic E-state index is 0.161. The molecular weight excluding hydrogens is 248 g/mol. The van der Waals surface area contributed by atoms with Crippen LogP contribution in [0.15, 0.2) is 30.6 Å². The molecule has 1 heterocycles. The fourth-order valence-electron chi connectivity index (χ4n) is 1.94. The highest BCUT2D eigenvalue weighted by atomic mass is 15.0. The Balaban J connectivity index is 1.89. The SMILES string of the molecule is CC(CNC(C)(C)C)NCc1ccc2nccnc2c1. The molecule has 0 saturated heterocycles. The molecule has 4 nitrogen and oxygen atoms in total. The Labute approximate surface area is 121 Å². The molecule has 4 heteroatoms. The molecule has 2 aromatic rings. The molecule has 108 valence electrons. The van der Waals surface area contributed by atoms with Crippen molar-refractivity contribution in [3.05, 3.63) is 36.2 Å². The number of rotatable bonds is 5.